The van der Waals surface area contributed by atoms with Crippen LogP contribution in [0.2, 0.25) is 0 Å². The fourth-order valence-electron chi connectivity index (χ4n) is 5.69. The number of anilines is 1. The maximum atomic E-state index is 13.8. The number of carbonyl (C=O) groups is 2. The summed E-state index contributed by atoms with van der Waals surface area (Å²) in [7, 11) is 6.20. The van der Waals surface area contributed by atoms with Crippen LogP contribution in [0.5, 0.6) is 5.88 Å². The number of aromatic nitrogens is 3. The van der Waals surface area contributed by atoms with Crippen LogP contribution in [-0.2, 0) is 25.4 Å². The van der Waals surface area contributed by atoms with Gasteiger partial charge in [0.25, 0.3) is 11.5 Å². The molecular formula is C33H36N6O5. The van der Waals surface area contributed by atoms with Crippen molar-refractivity contribution in [3.8, 4) is 28.3 Å². The molecule has 44 heavy (non-hydrogen) atoms. The lowest BCUT2D eigenvalue weighted by Crippen LogP contribution is -2.42. The zero-order valence-corrected chi connectivity index (χ0v) is 25.5. The van der Waals surface area contributed by atoms with Crippen molar-refractivity contribution >= 4 is 17.6 Å². The first-order chi connectivity index (χ1) is 21.1. The summed E-state index contributed by atoms with van der Waals surface area (Å²) >= 11 is 0. The number of ether oxygens (including phenoxy) is 1. The van der Waals surface area contributed by atoms with Crippen LogP contribution in [0.15, 0.2) is 70.3 Å². The molecule has 1 aliphatic heterocycles. The summed E-state index contributed by atoms with van der Waals surface area (Å²) in [5, 5.41) is 6.09. The van der Waals surface area contributed by atoms with Crippen molar-refractivity contribution < 1.29 is 14.3 Å². The Kier molecular flexibility index (Phi) is 8.77. The maximum Gasteiger partial charge on any atom is 0.330 e. The van der Waals surface area contributed by atoms with Crippen molar-refractivity contribution in [2.24, 2.45) is 14.1 Å². The molecule has 0 spiro atoms. The first-order valence-corrected chi connectivity index (χ1v) is 14.4. The van der Waals surface area contributed by atoms with Crippen molar-refractivity contribution in [3.63, 3.8) is 0 Å². The van der Waals surface area contributed by atoms with E-state index < -0.39 is 17.2 Å². The van der Waals surface area contributed by atoms with Gasteiger partial charge in [0, 0.05) is 57.8 Å². The van der Waals surface area contributed by atoms with Crippen LogP contribution in [0.1, 0.15) is 34.3 Å². The molecule has 0 radical (unpaired) electrons. The average molecular weight is 597 g/mol. The fraction of sp³-hybridized carbons (Fsp3) is 0.303. The van der Waals surface area contributed by atoms with Crippen LogP contribution in [-0.4, -0.2) is 57.6 Å². The van der Waals surface area contributed by atoms with E-state index in [1.54, 1.807) is 30.1 Å². The Hall–Kier alpha value is -5.03. The van der Waals surface area contributed by atoms with Crippen LogP contribution < -0.4 is 26.6 Å². The molecular weight excluding hydrogens is 560 g/mol. The molecule has 2 N–H and O–H groups in total. The number of methoxy groups -OCH3 is 1. The van der Waals surface area contributed by atoms with Crippen LogP contribution >= 0.6 is 0 Å². The molecule has 4 aromatic rings. The lowest BCUT2D eigenvalue weighted by molar-refractivity contribution is -0.127. The zero-order chi connectivity index (χ0) is 31.5. The second-order valence-corrected chi connectivity index (χ2v) is 10.9. The number of likely N-dealkylation sites (N-methyl/N-ethyl adjacent to an activating group) is 1. The molecule has 11 heteroatoms. The predicted molar refractivity (Wildman–Crippen MR) is 169 cm³/mol. The van der Waals surface area contributed by atoms with E-state index in [-0.39, 0.29) is 29.0 Å². The molecule has 5 rings (SSSR count). The number of nitrogens with one attached hydrogen (secondary N) is 2. The van der Waals surface area contributed by atoms with E-state index in [4.69, 9.17) is 4.74 Å². The van der Waals surface area contributed by atoms with Gasteiger partial charge in [0.15, 0.2) is 0 Å². The topological polar surface area (TPSA) is 128 Å². The average Bonchev–Trinajstić information content (AvgIpc) is 3.35. The van der Waals surface area contributed by atoms with E-state index in [1.807, 2.05) is 56.4 Å². The molecule has 3 heterocycles. The minimum absolute atomic E-state index is 0.135. The van der Waals surface area contributed by atoms with Gasteiger partial charge in [-0.25, -0.2) is 4.79 Å². The molecule has 1 atom stereocenters. The number of hydrogen-bond donors (Lipinski definition) is 2. The highest BCUT2D eigenvalue weighted by Crippen LogP contribution is 2.32. The molecule has 0 saturated carbocycles. The number of likely N-dealkylation sites (tertiary alicyclic amines) is 1. The first-order valence-electron chi connectivity index (χ1n) is 14.4. The third kappa shape index (κ3) is 5.78. The third-order valence-electron chi connectivity index (χ3n) is 8.27. The predicted octanol–water partition coefficient (Wildman–Crippen LogP) is 3.09. The van der Waals surface area contributed by atoms with Gasteiger partial charge >= 0.3 is 5.69 Å². The van der Waals surface area contributed by atoms with Crippen LogP contribution in [0.25, 0.3) is 22.4 Å². The Labute approximate surface area is 255 Å². The molecule has 1 unspecified atom stereocenters. The van der Waals surface area contributed by atoms with E-state index in [9.17, 15) is 19.2 Å². The quantitative estimate of drug-likeness (QED) is 0.304. The van der Waals surface area contributed by atoms with Gasteiger partial charge in [0.1, 0.15) is 11.4 Å². The minimum atomic E-state index is -0.715. The second kappa shape index (κ2) is 12.7. The van der Waals surface area contributed by atoms with Gasteiger partial charge in [-0.15, -0.1) is 0 Å². The molecule has 11 nitrogen and oxygen atoms in total. The van der Waals surface area contributed by atoms with E-state index in [2.05, 4.69) is 15.6 Å². The summed E-state index contributed by atoms with van der Waals surface area (Å²) < 4.78 is 7.75. The Bertz CT molecular complexity index is 1850. The normalized spacial score (nSPS) is 14.6. The third-order valence-corrected chi connectivity index (χ3v) is 8.27. The fourth-order valence-corrected chi connectivity index (χ4v) is 5.69. The highest BCUT2D eigenvalue weighted by Gasteiger charge is 2.28. The summed E-state index contributed by atoms with van der Waals surface area (Å²) in [4.78, 5) is 58.4. The highest BCUT2D eigenvalue weighted by atomic mass is 16.5. The van der Waals surface area contributed by atoms with Gasteiger partial charge in [-0.2, -0.15) is 4.98 Å². The number of pyridine rings is 1. The summed E-state index contributed by atoms with van der Waals surface area (Å²) in [5.74, 6) is -0.0544. The van der Waals surface area contributed by atoms with E-state index in [0.717, 1.165) is 33.2 Å². The molecule has 1 fully saturated rings. The molecule has 2 aromatic heterocycles. The van der Waals surface area contributed by atoms with E-state index in [1.165, 1.54) is 18.7 Å². The Balaban J connectivity index is 1.46. The highest BCUT2D eigenvalue weighted by molar-refractivity contribution is 6.08. The van der Waals surface area contributed by atoms with Gasteiger partial charge in [-0.05, 0) is 42.2 Å². The first kappa shape index (κ1) is 30.4. The summed E-state index contributed by atoms with van der Waals surface area (Å²) in [6.07, 6.45) is 1.37. The van der Waals surface area contributed by atoms with Crippen LogP contribution in [0.3, 0.4) is 0 Å². The van der Waals surface area contributed by atoms with Crippen molar-refractivity contribution in [1.82, 2.24) is 24.3 Å². The summed E-state index contributed by atoms with van der Waals surface area (Å²) in [5.41, 5.74) is 2.86. The smallest absolute Gasteiger partial charge is 0.330 e. The van der Waals surface area contributed by atoms with Gasteiger partial charge in [-0.3, -0.25) is 23.5 Å². The van der Waals surface area contributed by atoms with E-state index >= 15 is 0 Å². The number of hydrogen-bond acceptors (Lipinski definition) is 7. The zero-order valence-electron chi connectivity index (χ0n) is 25.5. The molecule has 0 bridgehead atoms. The number of amides is 2. The molecule has 1 aliphatic rings. The van der Waals surface area contributed by atoms with E-state index in [0.29, 0.717) is 31.0 Å². The van der Waals surface area contributed by atoms with Gasteiger partial charge in [-0.1, -0.05) is 48.5 Å². The minimum Gasteiger partial charge on any atom is -0.481 e. The van der Waals surface area contributed by atoms with Crippen molar-refractivity contribution in [3.05, 3.63) is 98.2 Å². The lowest BCUT2D eigenvalue weighted by Gasteiger charge is -2.20. The second-order valence-electron chi connectivity index (χ2n) is 10.9. The largest absolute Gasteiger partial charge is 0.481 e. The van der Waals surface area contributed by atoms with Crippen molar-refractivity contribution in [2.75, 3.05) is 26.0 Å². The van der Waals surface area contributed by atoms with Crippen molar-refractivity contribution in [1.29, 1.82) is 0 Å². The monoisotopic (exact) mass is 596 g/mol. The Morgan fingerprint density at radius 1 is 0.955 bits per heavy atom. The molecule has 228 valence electrons. The maximum absolute atomic E-state index is 13.8. The Morgan fingerprint density at radius 3 is 2.36 bits per heavy atom. The SMILES string of the molecule is COc1nc(NC(=O)c2c(-c3cccc(-c4ccccc4)c3C)n(C)c(=O)n(C)c2=O)ccc1CNCC1CCC(=O)N1C. The van der Waals surface area contributed by atoms with Gasteiger partial charge < -0.3 is 20.3 Å². The molecule has 1 saturated heterocycles. The van der Waals surface area contributed by atoms with Crippen molar-refractivity contribution in [2.45, 2.75) is 32.4 Å². The van der Waals surface area contributed by atoms with Gasteiger partial charge in [0.05, 0.1) is 12.8 Å². The molecule has 2 aromatic carbocycles. The Morgan fingerprint density at radius 2 is 1.68 bits per heavy atom. The standard InChI is InChI=1S/C33H36N6O5/c1-20-24(21-10-7-6-8-11-21)12-9-13-25(20)29-28(32(42)39(4)33(43)38(29)3)30(41)35-26-16-14-22(31(36-26)44-5)18-34-19-23-15-17-27(40)37(23)2/h6-14,16,23,34H,15,17-19H2,1-5H3,(H,35,36,41). The number of nitrogens with zero attached hydrogens (tertiary/aromatic N) is 4. The van der Waals surface area contributed by atoms with Crippen LogP contribution in [0, 0.1) is 6.92 Å². The number of benzene rings is 2. The molecule has 0 aliphatic carbocycles. The molecule has 2 amide bonds. The number of carbonyl (C=O) groups excluding carboxylic acids is 2. The van der Waals surface area contributed by atoms with Gasteiger partial charge in [0.2, 0.25) is 11.8 Å². The summed E-state index contributed by atoms with van der Waals surface area (Å²) in [6.45, 7) is 2.99. The summed E-state index contributed by atoms with van der Waals surface area (Å²) in [6, 6.07) is 18.9. The lowest BCUT2D eigenvalue weighted by atomic mass is 9.93. The van der Waals surface area contributed by atoms with Crippen LogP contribution in [0.4, 0.5) is 5.82 Å². The number of rotatable bonds is 9.